The number of fused-ring (bicyclic) bond motifs is 1. The largest absolute Gasteiger partial charge is 0.486 e. The van der Waals surface area contributed by atoms with Crippen molar-refractivity contribution in [2.24, 2.45) is 0 Å². The van der Waals surface area contributed by atoms with Gasteiger partial charge in [0.25, 0.3) is 0 Å². The van der Waals surface area contributed by atoms with Crippen molar-refractivity contribution in [2.75, 3.05) is 25.5 Å². The van der Waals surface area contributed by atoms with Crippen LogP contribution in [0.15, 0.2) is 12.1 Å². The number of ether oxygens (including phenoxy) is 2. The number of rotatable bonds is 4. The molecule has 0 bridgehead atoms. The third kappa shape index (κ3) is 4.07. The van der Waals surface area contributed by atoms with Crippen LogP contribution in [0.2, 0.25) is 5.02 Å². The maximum atomic E-state index is 12.3. The molecule has 2 heterocycles. The summed E-state index contributed by atoms with van der Waals surface area (Å²) >= 11 is 7.86. The number of carbonyl (C=O) groups is 1. The number of likely N-dealkylation sites (tertiary alicyclic amines) is 1. The number of piperidine rings is 1. The lowest BCUT2D eigenvalue weighted by Crippen LogP contribution is -2.42. The van der Waals surface area contributed by atoms with Gasteiger partial charge in [0.1, 0.15) is 13.2 Å². The van der Waals surface area contributed by atoms with Gasteiger partial charge in [-0.1, -0.05) is 11.6 Å². The van der Waals surface area contributed by atoms with Gasteiger partial charge in [0.05, 0.1) is 10.8 Å². The Morgan fingerprint density at radius 2 is 2.17 bits per heavy atom. The smallest absolute Gasteiger partial charge is 0.232 e. The summed E-state index contributed by atoms with van der Waals surface area (Å²) in [7, 11) is 0. The lowest BCUT2D eigenvalue weighted by Gasteiger charge is -2.33. The van der Waals surface area contributed by atoms with Crippen LogP contribution in [0.3, 0.4) is 0 Å². The van der Waals surface area contributed by atoms with E-state index in [4.69, 9.17) is 21.1 Å². The normalized spacial score (nSPS) is 20.4. The SMILES string of the molecule is CC1CCCCN1C(=O)CSCc1cc(Cl)c2c(c1)OCCO2. The second kappa shape index (κ2) is 7.67. The van der Waals surface area contributed by atoms with Crippen LogP contribution >= 0.6 is 23.4 Å². The number of amides is 1. The summed E-state index contributed by atoms with van der Waals surface area (Å²) in [6, 6.07) is 4.23. The molecule has 1 aromatic rings. The van der Waals surface area contributed by atoms with Crippen molar-refractivity contribution in [3.8, 4) is 11.5 Å². The van der Waals surface area contributed by atoms with Crippen molar-refractivity contribution in [1.29, 1.82) is 0 Å². The summed E-state index contributed by atoms with van der Waals surface area (Å²) in [4.78, 5) is 14.4. The predicted molar refractivity (Wildman–Crippen MR) is 93.6 cm³/mol. The summed E-state index contributed by atoms with van der Waals surface area (Å²) < 4.78 is 11.1. The van der Waals surface area contributed by atoms with Gasteiger partial charge in [0, 0.05) is 18.3 Å². The van der Waals surface area contributed by atoms with Crippen LogP contribution in [0, 0.1) is 0 Å². The van der Waals surface area contributed by atoms with Crippen LogP contribution in [0.1, 0.15) is 31.7 Å². The molecular weight excluding hydrogens is 334 g/mol. The van der Waals surface area contributed by atoms with E-state index in [0.29, 0.717) is 41.5 Å². The molecule has 0 spiro atoms. The highest BCUT2D eigenvalue weighted by Crippen LogP contribution is 2.39. The highest BCUT2D eigenvalue weighted by Gasteiger charge is 2.23. The Morgan fingerprint density at radius 1 is 1.35 bits per heavy atom. The monoisotopic (exact) mass is 355 g/mol. The standard InChI is InChI=1S/C17H22ClNO3S/c1-12-4-2-3-5-19(12)16(20)11-23-10-13-8-14(18)17-15(9-13)21-6-7-22-17/h8-9,12H,2-7,10-11H2,1H3. The van der Waals surface area contributed by atoms with Crippen molar-refractivity contribution < 1.29 is 14.3 Å². The summed E-state index contributed by atoms with van der Waals surface area (Å²) in [6.07, 6.45) is 3.47. The Kier molecular flexibility index (Phi) is 5.59. The molecule has 1 amide bonds. The predicted octanol–water partition coefficient (Wildman–Crippen LogP) is 3.75. The average Bonchev–Trinajstić information content (AvgIpc) is 2.55. The first-order valence-corrected chi connectivity index (χ1v) is 9.63. The van der Waals surface area contributed by atoms with Crippen molar-refractivity contribution in [3.05, 3.63) is 22.7 Å². The van der Waals surface area contributed by atoms with Gasteiger partial charge < -0.3 is 14.4 Å². The van der Waals surface area contributed by atoms with Crippen LogP contribution in [0.4, 0.5) is 0 Å². The molecule has 0 aliphatic carbocycles. The first-order valence-electron chi connectivity index (χ1n) is 8.10. The Labute approximate surface area is 146 Å². The van der Waals surface area contributed by atoms with Crippen LogP contribution in [-0.2, 0) is 10.5 Å². The summed E-state index contributed by atoms with van der Waals surface area (Å²) in [5.74, 6) is 2.83. The average molecular weight is 356 g/mol. The van der Waals surface area contributed by atoms with Gasteiger partial charge in [-0.2, -0.15) is 0 Å². The number of nitrogens with zero attached hydrogens (tertiary/aromatic N) is 1. The molecule has 1 aromatic carbocycles. The van der Waals surface area contributed by atoms with Crippen LogP contribution in [-0.4, -0.2) is 42.4 Å². The lowest BCUT2D eigenvalue weighted by atomic mass is 10.0. The minimum absolute atomic E-state index is 0.242. The van der Waals surface area contributed by atoms with Gasteiger partial charge in [0.15, 0.2) is 11.5 Å². The maximum absolute atomic E-state index is 12.3. The number of hydrogen-bond acceptors (Lipinski definition) is 4. The van der Waals surface area contributed by atoms with Crippen LogP contribution in [0.25, 0.3) is 0 Å². The molecule has 6 heteroatoms. The fraction of sp³-hybridized carbons (Fsp3) is 0.588. The Bertz CT molecular complexity index is 581. The second-order valence-electron chi connectivity index (χ2n) is 6.03. The van der Waals surface area contributed by atoms with Gasteiger partial charge in [-0.25, -0.2) is 0 Å². The van der Waals surface area contributed by atoms with E-state index in [1.807, 2.05) is 17.0 Å². The van der Waals surface area contributed by atoms with Gasteiger partial charge in [-0.05, 0) is 43.9 Å². The van der Waals surface area contributed by atoms with E-state index in [1.165, 1.54) is 6.42 Å². The number of halogens is 1. The van der Waals surface area contributed by atoms with Gasteiger partial charge >= 0.3 is 0 Å². The third-order valence-corrected chi connectivity index (χ3v) is 5.54. The molecule has 1 atom stereocenters. The fourth-order valence-electron chi connectivity index (χ4n) is 3.06. The molecule has 1 fully saturated rings. The molecule has 0 saturated carbocycles. The molecule has 23 heavy (non-hydrogen) atoms. The van der Waals surface area contributed by atoms with E-state index in [1.54, 1.807) is 11.8 Å². The Balaban J connectivity index is 1.54. The van der Waals surface area contributed by atoms with E-state index in [2.05, 4.69) is 6.92 Å². The minimum Gasteiger partial charge on any atom is -0.486 e. The summed E-state index contributed by atoms with van der Waals surface area (Å²) in [5.41, 5.74) is 1.06. The molecule has 0 aromatic heterocycles. The maximum Gasteiger partial charge on any atom is 0.232 e. The molecule has 0 N–H and O–H groups in total. The Hall–Kier alpha value is -1.07. The zero-order valence-electron chi connectivity index (χ0n) is 13.3. The fourth-order valence-corrected chi connectivity index (χ4v) is 4.19. The van der Waals surface area contributed by atoms with E-state index in [-0.39, 0.29) is 5.91 Å². The highest BCUT2D eigenvalue weighted by molar-refractivity contribution is 7.99. The number of hydrogen-bond donors (Lipinski definition) is 0. The van der Waals surface area contributed by atoms with E-state index >= 15 is 0 Å². The molecule has 2 aliphatic rings. The van der Waals surface area contributed by atoms with Gasteiger partial charge in [-0.15, -0.1) is 11.8 Å². The van der Waals surface area contributed by atoms with Crippen molar-refractivity contribution >= 4 is 29.3 Å². The van der Waals surface area contributed by atoms with Gasteiger partial charge in [-0.3, -0.25) is 4.79 Å². The van der Waals surface area contributed by atoms with E-state index in [0.717, 1.165) is 30.7 Å². The van der Waals surface area contributed by atoms with Crippen molar-refractivity contribution in [1.82, 2.24) is 4.90 Å². The molecule has 1 unspecified atom stereocenters. The van der Waals surface area contributed by atoms with Crippen LogP contribution in [0.5, 0.6) is 11.5 Å². The quantitative estimate of drug-likeness (QED) is 0.824. The minimum atomic E-state index is 0.242. The molecule has 2 aliphatic heterocycles. The first-order chi connectivity index (χ1) is 11.1. The molecule has 0 radical (unpaired) electrons. The molecular formula is C17H22ClNO3S. The Morgan fingerprint density at radius 3 is 3.00 bits per heavy atom. The van der Waals surface area contributed by atoms with E-state index < -0.39 is 0 Å². The van der Waals surface area contributed by atoms with Crippen LogP contribution < -0.4 is 9.47 Å². The van der Waals surface area contributed by atoms with Crippen molar-refractivity contribution in [3.63, 3.8) is 0 Å². The highest BCUT2D eigenvalue weighted by atomic mass is 35.5. The molecule has 1 saturated heterocycles. The third-order valence-electron chi connectivity index (χ3n) is 4.27. The molecule has 126 valence electrons. The van der Waals surface area contributed by atoms with E-state index in [9.17, 15) is 4.79 Å². The first kappa shape index (κ1) is 16.8. The lowest BCUT2D eigenvalue weighted by molar-refractivity contribution is -0.131. The zero-order valence-corrected chi connectivity index (χ0v) is 14.9. The summed E-state index contributed by atoms with van der Waals surface area (Å²) in [5, 5.41) is 0.578. The number of carbonyl (C=O) groups excluding carboxylic acids is 1. The van der Waals surface area contributed by atoms with Crippen molar-refractivity contribution in [2.45, 2.75) is 38.0 Å². The zero-order chi connectivity index (χ0) is 16.2. The number of benzene rings is 1. The topological polar surface area (TPSA) is 38.8 Å². The molecule has 4 nitrogen and oxygen atoms in total. The van der Waals surface area contributed by atoms with Gasteiger partial charge in [0.2, 0.25) is 5.91 Å². The second-order valence-corrected chi connectivity index (χ2v) is 7.42. The summed E-state index contributed by atoms with van der Waals surface area (Å²) in [6.45, 7) is 4.12. The molecule has 3 rings (SSSR count). The number of thioether (sulfide) groups is 1.